The highest BCUT2D eigenvalue weighted by Crippen LogP contribution is 2.43. The Kier molecular flexibility index (Phi) is 5.66. The quantitative estimate of drug-likeness (QED) is 0.340. The summed E-state index contributed by atoms with van der Waals surface area (Å²) in [6.07, 6.45) is 3.13. The van der Waals surface area contributed by atoms with Gasteiger partial charge in [-0.25, -0.2) is 0 Å². The molecule has 1 fully saturated rings. The zero-order valence-corrected chi connectivity index (χ0v) is 18.7. The SMILES string of the molecule is CC(=O)Nc1ccc(N2C(=O)C(=O)/C(=C(\O)c3ccc4c(c3)OCCO4)C2c2cccnc2)cc1. The molecule has 176 valence electrons. The number of fused-ring (bicyclic) bond motifs is 1. The first kappa shape index (κ1) is 22.1. The number of nitrogens with one attached hydrogen (secondary N) is 1. The molecule has 9 nitrogen and oxygen atoms in total. The predicted octanol–water partition coefficient (Wildman–Crippen LogP) is 3.44. The van der Waals surface area contributed by atoms with Crippen LogP contribution >= 0.6 is 0 Å². The van der Waals surface area contributed by atoms with Crippen LogP contribution in [0.25, 0.3) is 5.76 Å². The molecule has 2 aliphatic heterocycles. The second-order valence-corrected chi connectivity index (χ2v) is 8.04. The summed E-state index contributed by atoms with van der Waals surface area (Å²) in [7, 11) is 0. The van der Waals surface area contributed by atoms with Crippen LogP contribution in [0.1, 0.15) is 24.1 Å². The summed E-state index contributed by atoms with van der Waals surface area (Å²) in [6.45, 7) is 2.18. The summed E-state index contributed by atoms with van der Waals surface area (Å²) < 4.78 is 11.1. The normalized spacial score (nSPS) is 18.4. The molecule has 3 aromatic rings. The molecular weight excluding hydrogens is 450 g/mol. The van der Waals surface area contributed by atoms with Crippen molar-refractivity contribution in [1.82, 2.24) is 4.98 Å². The Morgan fingerprint density at radius 3 is 2.49 bits per heavy atom. The van der Waals surface area contributed by atoms with Gasteiger partial charge in [-0.2, -0.15) is 0 Å². The summed E-state index contributed by atoms with van der Waals surface area (Å²) in [5.74, 6) is -1.18. The van der Waals surface area contributed by atoms with Crippen LogP contribution in [-0.4, -0.2) is 40.9 Å². The van der Waals surface area contributed by atoms with E-state index in [-0.39, 0.29) is 17.2 Å². The van der Waals surface area contributed by atoms with Crippen LogP contribution < -0.4 is 19.7 Å². The van der Waals surface area contributed by atoms with E-state index in [1.165, 1.54) is 11.8 Å². The Bertz CT molecular complexity index is 1350. The van der Waals surface area contributed by atoms with Crippen molar-refractivity contribution in [3.8, 4) is 11.5 Å². The zero-order valence-electron chi connectivity index (χ0n) is 18.7. The maximum absolute atomic E-state index is 13.2. The van der Waals surface area contributed by atoms with Crippen molar-refractivity contribution in [3.05, 3.63) is 83.7 Å². The Labute approximate surface area is 200 Å². The average molecular weight is 471 g/mol. The molecule has 2 N–H and O–H groups in total. The number of aliphatic hydroxyl groups is 1. The van der Waals surface area contributed by atoms with Crippen LogP contribution in [0.3, 0.4) is 0 Å². The highest BCUT2D eigenvalue weighted by molar-refractivity contribution is 6.51. The third-order valence-corrected chi connectivity index (χ3v) is 5.73. The molecule has 1 aromatic heterocycles. The van der Waals surface area contributed by atoms with Gasteiger partial charge in [0.2, 0.25) is 5.91 Å². The van der Waals surface area contributed by atoms with Crippen LogP contribution in [0.2, 0.25) is 0 Å². The number of pyridine rings is 1. The third-order valence-electron chi connectivity index (χ3n) is 5.73. The first-order valence-corrected chi connectivity index (χ1v) is 10.9. The van der Waals surface area contributed by atoms with Gasteiger partial charge in [0.1, 0.15) is 19.0 Å². The van der Waals surface area contributed by atoms with E-state index in [0.29, 0.717) is 47.2 Å². The molecular formula is C26H21N3O6. The van der Waals surface area contributed by atoms with Gasteiger partial charge >= 0.3 is 0 Å². The van der Waals surface area contributed by atoms with Gasteiger partial charge in [0.25, 0.3) is 11.7 Å². The van der Waals surface area contributed by atoms with E-state index in [9.17, 15) is 19.5 Å². The number of benzene rings is 2. The lowest BCUT2D eigenvalue weighted by Crippen LogP contribution is -2.29. The van der Waals surface area contributed by atoms with Gasteiger partial charge in [-0.1, -0.05) is 6.07 Å². The maximum atomic E-state index is 13.2. The van der Waals surface area contributed by atoms with Crippen molar-refractivity contribution in [3.63, 3.8) is 0 Å². The number of nitrogens with zero attached hydrogens (tertiary/aromatic N) is 2. The van der Waals surface area contributed by atoms with Crippen LogP contribution in [0.5, 0.6) is 11.5 Å². The van der Waals surface area contributed by atoms with Gasteiger partial charge in [-0.3, -0.25) is 24.3 Å². The summed E-state index contributed by atoms with van der Waals surface area (Å²) in [5.41, 5.74) is 1.79. The first-order chi connectivity index (χ1) is 16.9. The summed E-state index contributed by atoms with van der Waals surface area (Å²) in [6, 6.07) is 13.9. The number of rotatable bonds is 4. The predicted molar refractivity (Wildman–Crippen MR) is 127 cm³/mol. The van der Waals surface area contributed by atoms with Crippen molar-refractivity contribution in [2.75, 3.05) is 23.4 Å². The zero-order chi connectivity index (χ0) is 24.5. The number of anilines is 2. The smallest absolute Gasteiger partial charge is 0.300 e. The largest absolute Gasteiger partial charge is 0.507 e. The molecule has 0 bridgehead atoms. The van der Waals surface area contributed by atoms with Crippen molar-refractivity contribution in [2.24, 2.45) is 0 Å². The minimum Gasteiger partial charge on any atom is -0.507 e. The molecule has 3 heterocycles. The van der Waals surface area contributed by atoms with Gasteiger partial charge in [0.15, 0.2) is 11.5 Å². The topological polar surface area (TPSA) is 118 Å². The molecule has 2 aliphatic rings. The van der Waals surface area contributed by atoms with E-state index in [2.05, 4.69) is 10.3 Å². The standard InChI is InChI=1S/C26H21N3O6/c1-15(30)28-18-5-7-19(8-6-18)29-23(17-3-2-10-27-14-17)22(25(32)26(29)33)24(31)16-4-9-20-21(13-16)35-12-11-34-20/h2-10,13-14,23,31H,11-12H2,1H3,(H,28,30)/b24-22-. The van der Waals surface area contributed by atoms with Crippen LogP contribution in [0.4, 0.5) is 11.4 Å². The van der Waals surface area contributed by atoms with Crippen molar-refractivity contribution < 1.29 is 29.0 Å². The molecule has 35 heavy (non-hydrogen) atoms. The fourth-order valence-electron chi connectivity index (χ4n) is 4.21. The Balaban J connectivity index is 1.62. The molecule has 1 atom stereocenters. The number of carbonyl (C=O) groups is 3. The number of hydrogen-bond acceptors (Lipinski definition) is 7. The number of carbonyl (C=O) groups excluding carboxylic acids is 3. The number of Topliss-reactive ketones (excluding diaryl/α,β-unsaturated/α-hetero) is 1. The summed E-state index contributed by atoms with van der Waals surface area (Å²) in [5, 5.41) is 13.9. The molecule has 1 unspecified atom stereocenters. The fourth-order valence-corrected chi connectivity index (χ4v) is 4.21. The number of aliphatic hydroxyl groups excluding tert-OH is 1. The van der Waals surface area contributed by atoms with Gasteiger partial charge in [-0.15, -0.1) is 0 Å². The van der Waals surface area contributed by atoms with E-state index in [1.54, 1.807) is 67.0 Å². The van der Waals surface area contributed by atoms with Gasteiger partial charge in [-0.05, 0) is 54.1 Å². The molecule has 0 radical (unpaired) electrons. The number of ketones is 1. The van der Waals surface area contributed by atoms with Crippen LogP contribution in [0.15, 0.2) is 72.6 Å². The van der Waals surface area contributed by atoms with E-state index < -0.39 is 17.7 Å². The molecule has 0 aliphatic carbocycles. The second kappa shape index (κ2) is 8.94. The van der Waals surface area contributed by atoms with Crippen LogP contribution in [-0.2, 0) is 14.4 Å². The van der Waals surface area contributed by atoms with Gasteiger partial charge in [0.05, 0.1) is 11.6 Å². The molecule has 0 saturated carbocycles. The summed E-state index contributed by atoms with van der Waals surface area (Å²) in [4.78, 5) is 43.3. The number of aromatic nitrogens is 1. The third kappa shape index (κ3) is 4.08. The molecule has 2 aromatic carbocycles. The Morgan fingerprint density at radius 1 is 1.06 bits per heavy atom. The average Bonchev–Trinajstić information content (AvgIpc) is 3.14. The summed E-state index contributed by atoms with van der Waals surface area (Å²) >= 11 is 0. The van der Waals surface area contributed by atoms with E-state index in [0.717, 1.165) is 0 Å². The van der Waals surface area contributed by atoms with Gasteiger partial charge < -0.3 is 19.9 Å². The minimum atomic E-state index is -0.913. The van der Waals surface area contributed by atoms with E-state index in [1.807, 2.05) is 0 Å². The second-order valence-electron chi connectivity index (χ2n) is 8.04. The highest BCUT2D eigenvalue weighted by Gasteiger charge is 2.47. The number of amides is 2. The number of ether oxygens (including phenoxy) is 2. The van der Waals surface area contributed by atoms with E-state index in [4.69, 9.17) is 9.47 Å². The monoisotopic (exact) mass is 471 g/mol. The van der Waals surface area contributed by atoms with Crippen molar-refractivity contribution in [2.45, 2.75) is 13.0 Å². The van der Waals surface area contributed by atoms with Gasteiger partial charge in [0, 0.05) is 36.3 Å². The molecule has 0 spiro atoms. The lowest BCUT2D eigenvalue weighted by molar-refractivity contribution is -0.132. The number of hydrogen-bond donors (Lipinski definition) is 2. The first-order valence-electron chi connectivity index (χ1n) is 10.9. The van der Waals surface area contributed by atoms with E-state index >= 15 is 0 Å². The Hall–Kier alpha value is -4.66. The fraction of sp³-hybridized carbons (Fsp3) is 0.154. The molecule has 9 heteroatoms. The lowest BCUT2D eigenvalue weighted by atomic mass is 9.96. The Morgan fingerprint density at radius 2 is 1.80 bits per heavy atom. The molecule has 5 rings (SSSR count). The van der Waals surface area contributed by atoms with Crippen molar-refractivity contribution in [1.29, 1.82) is 0 Å². The lowest BCUT2D eigenvalue weighted by Gasteiger charge is -2.25. The van der Waals surface area contributed by atoms with Crippen molar-refractivity contribution >= 4 is 34.7 Å². The van der Waals surface area contributed by atoms with Crippen LogP contribution in [0, 0.1) is 0 Å². The minimum absolute atomic E-state index is 0.0642. The molecule has 1 saturated heterocycles. The maximum Gasteiger partial charge on any atom is 0.300 e. The highest BCUT2D eigenvalue weighted by atomic mass is 16.6. The molecule has 2 amide bonds.